The Balaban J connectivity index is 1.47. The summed E-state index contributed by atoms with van der Waals surface area (Å²) in [5, 5.41) is 10.3. The smallest absolute Gasteiger partial charge is 0.123 e. The van der Waals surface area contributed by atoms with Crippen molar-refractivity contribution < 1.29 is 9.50 Å². The van der Waals surface area contributed by atoms with E-state index in [2.05, 4.69) is 14.8 Å². The Labute approximate surface area is 136 Å². The Morgan fingerprint density at radius 2 is 1.78 bits per heavy atom. The summed E-state index contributed by atoms with van der Waals surface area (Å²) in [6.07, 6.45) is 3.21. The van der Waals surface area contributed by atoms with Crippen LogP contribution < -0.4 is 0 Å². The molecule has 1 aromatic carbocycles. The standard InChI is InChI=1S/C17H23FN4O/c1-20-7-6-19-17(20)13-22-10-8-21(9-11-22)12-16(23)14-2-4-15(18)5-3-14/h2-7,16,23H,8-13H2,1H3. The molecule has 1 fully saturated rings. The maximum atomic E-state index is 12.9. The highest BCUT2D eigenvalue weighted by atomic mass is 19.1. The van der Waals surface area contributed by atoms with Crippen molar-refractivity contribution in [2.75, 3.05) is 32.7 Å². The van der Waals surface area contributed by atoms with Gasteiger partial charge >= 0.3 is 0 Å². The number of aromatic nitrogens is 2. The summed E-state index contributed by atoms with van der Waals surface area (Å²) < 4.78 is 15.0. The number of hydrogen-bond donors (Lipinski definition) is 1. The van der Waals surface area contributed by atoms with E-state index in [0.717, 1.165) is 44.1 Å². The number of hydrogen-bond acceptors (Lipinski definition) is 4. The average Bonchev–Trinajstić information content (AvgIpc) is 2.95. The molecule has 0 aliphatic carbocycles. The number of aryl methyl sites for hydroxylation is 1. The Hall–Kier alpha value is -1.76. The molecule has 5 nitrogen and oxygen atoms in total. The summed E-state index contributed by atoms with van der Waals surface area (Å²) >= 11 is 0. The number of aliphatic hydroxyl groups excluding tert-OH is 1. The number of β-amino-alcohol motifs (C(OH)–C–C–N with tert-alkyl or cyclic N) is 1. The molecule has 1 saturated heterocycles. The lowest BCUT2D eigenvalue weighted by Gasteiger charge is -2.35. The van der Waals surface area contributed by atoms with E-state index in [1.807, 2.05) is 24.0 Å². The molecule has 1 N–H and O–H groups in total. The first kappa shape index (κ1) is 16.1. The summed E-state index contributed by atoms with van der Waals surface area (Å²) in [4.78, 5) is 8.99. The third-order valence-electron chi connectivity index (χ3n) is 4.44. The number of nitrogens with zero attached hydrogens (tertiary/aromatic N) is 4. The van der Waals surface area contributed by atoms with Crippen molar-refractivity contribution >= 4 is 0 Å². The predicted octanol–water partition coefficient (Wildman–Crippen LogP) is 1.41. The highest BCUT2D eigenvalue weighted by Gasteiger charge is 2.20. The van der Waals surface area contributed by atoms with Crippen LogP contribution in [-0.2, 0) is 13.6 Å². The number of halogens is 1. The van der Waals surface area contributed by atoms with Crippen LogP contribution in [0.3, 0.4) is 0 Å². The lowest BCUT2D eigenvalue weighted by molar-refractivity contribution is 0.0689. The predicted molar refractivity (Wildman–Crippen MR) is 86.3 cm³/mol. The van der Waals surface area contributed by atoms with Crippen molar-refractivity contribution in [1.82, 2.24) is 19.4 Å². The van der Waals surface area contributed by atoms with Crippen molar-refractivity contribution in [2.24, 2.45) is 7.05 Å². The number of rotatable bonds is 5. The Morgan fingerprint density at radius 1 is 1.13 bits per heavy atom. The lowest BCUT2D eigenvalue weighted by atomic mass is 10.1. The van der Waals surface area contributed by atoms with E-state index in [0.29, 0.717) is 6.54 Å². The van der Waals surface area contributed by atoms with Gasteiger partial charge in [-0.1, -0.05) is 12.1 Å². The molecule has 0 radical (unpaired) electrons. The third kappa shape index (κ3) is 4.16. The van der Waals surface area contributed by atoms with Gasteiger partial charge in [0.2, 0.25) is 0 Å². The lowest BCUT2D eigenvalue weighted by Crippen LogP contribution is -2.47. The highest BCUT2D eigenvalue weighted by Crippen LogP contribution is 2.16. The highest BCUT2D eigenvalue weighted by molar-refractivity contribution is 5.18. The van der Waals surface area contributed by atoms with Crippen LogP contribution in [0.5, 0.6) is 0 Å². The van der Waals surface area contributed by atoms with Gasteiger partial charge in [0, 0.05) is 52.2 Å². The van der Waals surface area contributed by atoms with E-state index in [9.17, 15) is 9.50 Å². The second-order valence-corrected chi connectivity index (χ2v) is 6.10. The third-order valence-corrected chi connectivity index (χ3v) is 4.44. The van der Waals surface area contributed by atoms with Gasteiger partial charge in [0.15, 0.2) is 0 Å². The summed E-state index contributed by atoms with van der Waals surface area (Å²) in [7, 11) is 2.01. The maximum absolute atomic E-state index is 12.9. The van der Waals surface area contributed by atoms with Crippen LogP contribution in [0.1, 0.15) is 17.5 Å². The van der Waals surface area contributed by atoms with Gasteiger partial charge in [-0.05, 0) is 17.7 Å². The summed E-state index contributed by atoms with van der Waals surface area (Å²) in [6.45, 7) is 5.21. The molecule has 0 spiro atoms. The van der Waals surface area contributed by atoms with Crippen LogP contribution in [0, 0.1) is 5.82 Å². The number of aliphatic hydroxyl groups is 1. The minimum absolute atomic E-state index is 0.274. The molecule has 1 aromatic heterocycles. The van der Waals surface area contributed by atoms with Gasteiger partial charge in [0.05, 0.1) is 12.6 Å². The van der Waals surface area contributed by atoms with E-state index in [1.54, 1.807) is 12.1 Å². The first-order chi connectivity index (χ1) is 11.1. The van der Waals surface area contributed by atoms with Crippen LogP contribution in [0.15, 0.2) is 36.7 Å². The minimum atomic E-state index is -0.573. The Morgan fingerprint density at radius 3 is 2.39 bits per heavy atom. The number of benzene rings is 1. The first-order valence-corrected chi connectivity index (χ1v) is 7.96. The number of piperazine rings is 1. The molecule has 1 unspecified atom stereocenters. The van der Waals surface area contributed by atoms with E-state index in [4.69, 9.17) is 0 Å². The van der Waals surface area contributed by atoms with Crippen molar-refractivity contribution in [3.8, 4) is 0 Å². The molecule has 3 rings (SSSR count). The average molecular weight is 318 g/mol. The fourth-order valence-electron chi connectivity index (χ4n) is 2.91. The SMILES string of the molecule is Cn1ccnc1CN1CCN(CC(O)c2ccc(F)cc2)CC1. The van der Waals surface area contributed by atoms with Gasteiger partial charge < -0.3 is 9.67 Å². The monoisotopic (exact) mass is 318 g/mol. The fourth-order valence-corrected chi connectivity index (χ4v) is 2.91. The quantitative estimate of drug-likeness (QED) is 0.905. The molecule has 0 amide bonds. The maximum Gasteiger partial charge on any atom is 0.123 e. The molecule has 2 heterocycles. The molecule has 0 saturated carbocycles. The van der Waals surface area contributed by atoms with E-state index < -0.39 is 6.10 Å². The molecular formula is C17H23FN4O. The summed E-state index contributed by atoms with van der Waals surface area (Å²) in [6, 6.07) is 6.08. The fraction of sp³-hybridized carbons (Fsp3) is 0.471. The van der Waals surface area contributed by atoms with Gasteiger partial charge in [-0.2, -0.15) is 0 Å². The first-order valence-electron chi connectivity index (χ1n) is 7.96. The summed E-state index contributed by atoms with van der Waals surface area (Å²) in [5.41, 5.74) is 0.766. The molecule has 23 heavy (non-hydrogen) atoms. The van der Waals surface area contributed by atoms with Crippen LogP contribution in [-0.4, -0.2) is 57.2 Å². The van der Waals surface area contributed by atoms with E-state index in [-0.39, 0.29) is 5.82 Å². The summed E-state index contributed by atoms with van der Waals surface area (Å²) in [5.74, 6) is 0.800. The Kier molecular flexibility index (Phi) is 5.05. The topological polar surface area (TPSA) is 44.5 Å². The molecule has 2 aromatic rings. The molecule has 0 bridgehead atoms. The largest absolute Gasteiger partial charge is 0.387 e. The van der Waals surface area contributed by atoms with E-state index in [1.165, 1.54) is 12.1 Å². The van der Waals surface area contributed by atoms with Crippen LogP contribution in [0.25, 0.3) is 0 Å². The number of imidazole rings is 1. The molecule has 6 heteroatoms. The van der Waals surface area contributed by atoms with Crippen molar-refractivity contribution in [3.63, 3.8) is 0 Å². The second kappa shape index (κ2) is 7.21. The molecular weight excluding hydrogens is 295 g/mol. The zero-order chi connectivity index (χ0) is 16.2. The van der Waals surface area contributed by atoms with E-state index >= 15 is 0 Å². The second-order valence-electron chi connectivity index (χ2n) is 6.10. The molecule has 124 valence electrons. The molecule has 1 atom stereocenters. The zero-order valence-electron chi connectivity index (χ0n) is 13.4. The van der Waals surface area contributed by atoms with Gasteiger partial charge in [0.25, 0.3) is 0 Å². The minimum Gasteiger partial charge on any atom is -0.387 e. The molecule has 1 aliphatic rings. The van der Waals surface area contributed by atoms with Gasteiger partial charge in [0.1, 0.15) is 11.6 Å². The Bertz CT molecular complexity index is 620. The van der Waals surface area contributed by atoms with Crippen LogP contribution in [0.4, 0.5) is 4.39 Å². The van der Waals surface area contributed by atoms with Gasteiger partial charge in [-0.3, -0.25) is 9.80 Å². The van der Waals surface area contributed by atoms with Gasteiger partial charge in [-0.25, -0.2) is 9.37 Å². The normalized spacial score (nSPS) is 18.2. The van der Waals surface area contributed by atoms with Gasteiger partial charge in [-0.15, -0.1) is 0 Å². The van der Waals surface area contributed by atoms with Crippen molar-refractivity contribution in [2.45, 2.75) is 12.6 Å². The van der Waals surface area contributed by atoms with Crippen molar-refractivity contribution in [1.29, 1.82) is 0 Å². The zero-order valence-corrected chi connectivity index (χ0v) is 13.4. The van der Waals surface area contributed by atoms with Crippen LogP contribution >= 0.6 is 0 Å². The molecule has 1 aliphatic heterocycles. The van der Waals surface area contributed by atoms with Crippen LogP contribution in [0.2, 0.25) is 0 Å². The van der Waals surface area contributed by atoms with Crippen molar-refractivity contribution in [3.05, 3.63) is 53.9 Å².